The SMILES string of the molecule is [2H]c1c2[nH]c(c1=CO)=CC1=NC(=CC3=NC(=CC4=NC(=C2)C=C4)C=C3)C(C(O)C(F)(F)F)=C1. The lowest BCUT2D eigenvalue weighted by atomic mass is 10.1. The van der Waals surface area contributed by atoms with E-state index in [1.807, 2.05) is 0 Å². The maximum absolute atomic E-state index is 13.3. The largest absolute Gasteiger partial charge is 0.515 e. The monoisotopic (exact) mass is 437 g/mol. The van der Waals surface area contributed by atoms with E-state index in [-0.39, 0.29) is 28.0 Å². The molecule has 0 saturated heterocycles. The number of hydrogen-bond acceptors (Lipinski definition) is 5. The van der Waals surface area contributed by atoms with Gasteiger partial charge in [0, 0.05) is 16.5 Å². The van der Waals surface area contributed by atoms with Gasteiger partial charge in [0.2, 0.25) is 0 Å². The number of hydrogen-bond donors (Lipinski definition) is 3. The van der Waals surface area contributed by atoms with Crippen LogP contribution in [-0.2, 0) is 0 Å². The lowest BCUT2D eigenvalue weighted by Gasteiger charge is -2.16. The highest BCUT2D eigenvalue weighted by atomic mass is 19.4. The Morgan fingerprint density at radius 3 is 2.28 bits per heavy atom. The molecule has 0 aliphatic carbocycles. The molecule has 5 rings (SSSR count). The Labute approximate surface area is 180 Å². The van der Waals surface area contributed by atoms with Gasteiger partial charge in [-0.3, -0.25) is 0 Å². The van der Waals surface area contributed by atoms with Gasteiger partial charge in [0.05, 0.1) is 47.2 Å². The minimum absolute atomic E-state index is 0.0163. The quantitative estimate of drug-likeness (QED) is 0.630. The molecule has 4 aliphatic rings. The van der Waals surface area contributed by atoms with Crippen LogP contribution in [0.15, 0.2) is 86.2 Å². The second kappa shape index (κ2) is 7.31. The van der Waals surface area contributed by atoms with Crippen LogP contribution in [0.4, 0.5) is 13.2 Å². The number of rotatable bonds is 1. The van der Waals surface area contributed by atoms with Crippen molar-refractivity contribution in [3.05, 3.63) is 87.5 Å². The number of nitrogens with one attached hydrogen (secondary N) is 1. The molecule has 1 aromatic heterocycles. The van der Waals surface area contributed by atoms with E-state index < -0.39 is 17.9 Å². The van der Waals surface area contributed by atoms with E-state index in [1.54, 1.807) is 36.5 Å². The van der Waals surface area contributed by atoms with Gasteiger partial charge in [0.25, 0.3) is 0 Å². The number of aliphatic hydroxyl groups excluding tert-OH is 2. The summed E-state index contributed by atoms with van der Waals surface area (Å²) in [6.45, 7) is 0. The van der Waals surface area contributed by atoms with E-state index in [4.69, 9.17) is 1.37 Å². The molecule has 0 radical (unpaired) electrons. The second-order valence-corrected chi connectivity index (χ2v) is 7.25. The van der Waals surface area contributed by atoms with E-state index in [9.17, 15) is 23.4 Å². The van der Waals surface area contributed by atoms with Crippen molar-refractivity contribution in [2.45, 2.75) is 12.3 Å². The van der Waals surface area contributed by atoms with E-state index in [2.05, 4.69) is 20.0 Å². The molecule has 32 heavy (non-hydrogen) atoms. The third kappa shape index (κ3) is 3.74. The van der Waals surface area contributed by atoms with Crippen molar-refractivity contribution in [2.24, 2.45) is 15.0 Å². The van der Waals surface area contributed by atoms with Crippen molar-refractivity contribution in [1.29, 1.82) is 0 Å². The van der Waals surface area contributed by atoms with Crippen LogP contribution in [0.3, 0.4) is 0 Å². The van der Waals surface area contributed by atoms with Gasteiger partial charge in [0.1, 0.15) is 0 Å². The number of alkyl halides is 3. The lowest BCUT2D eigenvalue weighted by molar-refractivity contribution is -0.190. The van der Waals surface area contributed by atoms with Gasteiger partial charge < -0.3 is 15.2 Å². The number of fused-ring (bicyclic) bond motifs is 5. The van der Waals surface area contributed by atoms with Gasteiger partial charge in [-0.2, -0.15) is 13.2 Å². The normalized spacial score (nSPS) is 21.2. The van der Waals surface area contributed by atoms with Crippen molar-refractivity contribution in [1.82, 2.24) is 4.98 Å². The van der Waals surface area contributed by atoms with E-state index in [1.165, 1.54) is 12.2 Å². The zero-order chi connectivity index (χ0) is 23.3. The molecule has 0 aromatic carbocycles. The maximum atomic E-state index is 13.3. The molecule has 0 amide bonds. The highest BCUT2D eigenvalue weighted by Gasteiger charge is 2.43. The van der Waals surface area contributed by atoms with Crippen LogP contribution in [-0.4, -0.2) is 44.6 Å². The lowest BCUT2D eigenvalue weighted by Crippen LogP contribution is -2.30. The number of aromatic nitrogens is 1. The first kappa shape index (κ1) is 18.8. The molecule has 0 saturated carbocycles. The Hall–Kier alpha value is -3.98. The smallest absolute Gasteiger partial charge is 0.418 e. The minimum Gasteiger partial charge on any atom is -0.515 e. The topological polar surface area (TPSA) is 93.3 Å². The fraction of sp³-hybridized carbons (Fsp3) is 0.0870. The van der Waals surface area contributed by atoms with Crippen LogP contribution >= 0.6 is 0 Å². The first-order valence-corrected chi connectivity index (χ1v) is 9.50. The summed E-state index contributed by atoms with van der Waals surface area (Å²) in [5.41, 5.74) is 2.04. The molecule has 6 nitrogen and oxygen atoms in total. The number of nitrogens with zero attached hydrogens (tertiary/aromatic N) is 3. The Morgan fingerprint density at radius 1 is 0.906 bits per heavy atom. The molecule has 0 spiro atoms. The number of allylic oxidation sites excluding steroid dienone is 7. The fourth-order valence-corrected chi connectivity index (χ4v) is 3.50. The molecule has 9 heteroatoms. The molecule has 1 aromatic rings. The van der Waals surface area contributed by atoms with Crippen molar-refractivity contribution < 1.29 is 24.8 Å². The van der Waals surface area contributed by atoms with Crippen molar-refractivity contribution in [3.8, 4) is 0 Å². The predicted molar refractivity (Wildman–Crippen MR) is 116 cm³/mol. The van der Waals surface area contributed by atoms with Crippen LogP contribution < -0.4 is 10.6 Å². The fourth-order valence-electron chi connectivity index (χ4n) is 3.50. The molecule has 3 N–H and O–H groups in total. The van der Waals surface area contributed by atoms with Crippen LogP contribution in [0.1, 0.15) is 7.06 Å². The van der Waals surface area contributed by atoms with Crippen LogP contribution in [0, 0.1) is 0 Å². The predicted octanol–water partition coefficient (Wildman–Crippen LogP) is 2.54. The molecule has 5 heterocycles. The molecule has 8 bridgehead atoms. The van der Waals surface area contributed by atoms with E-state index >= 15 is 0 Å². The Morgan fingerprint density at radius 2 is 1.59 bits per heavy atom. The summed E-state index contributed by atoms with van der Waals surface area (Å²) >= 11 is 0. The molecule has 4 aliphatic heterocycles. The summed E-state index contributed by atoms with van der Waals surface area (Å²) in [6, 6.07) is -0.0163. The minimum atomic E-state index is -4.89. The highest BCUT2D eigenvalue weighted by molar-refractivity contribution is 6.20. The standard InChI is InChI=1S/C23H15F3N4O2/c24-23(25,26)22(32)19-8-18-10-20-12(11-31)5-17(29-20)7-15-2-1-13(27-15)6-14-3-4-16(28-14)9-21(19)30-18/h1-11,22,29,31-32H/i5D. The number of halogens is 3. The average molecular weight is 437 g/mol. The highest BCUT2D eigenvalue weighted by Crippen LogP contribution is 2.33. The number of H-pyrrole nitrogens is 1. The van der Waals surface area contributed by atoms with Gasteiger partial charge in [-0.25, -0.2) is 15.0 Å². The molecule has 1 atom stereocenters. The number of aliphatic imine (C=N–C) groups is 3. The first-order chi connectivity index (χ1) is 15.7. The first-order valence-electron chi connectivity index (χ1n) is 10.00. The Kier molecular flexibility index (Phi) is 4.29. The summed E-state index contributed by atoms with van der Waals surface area (Å²) in [4.78, 5) is 16.0. The Balaban J connectivity index is 1.76. The molecule has 1 unspecified atom stereocenters. The Bertz CT molecular complexity index is 1480. The van der Waals surface area contributed by atoms with E-state index in [0.717, 1.165) is 12.3 Å². The second-order valence-electron chi connectivity index (χ2n) is 7.25. The van der Waals surface area contributed by atoms with Gasteiger partial charge in [-0.1, -0.05) is 0 Å². The van der Waals surface area contributed by atoms with Crippen LogP contribution in [0.25, 0.3) is 18.4 Å². The maximum Gasteiger partial charge on any atom is 0.418 e. The molecular formula is C23H15F3N4O2. The molecule has 160 valence electrons. The summed E-state index contributed by atoms with van der Waals surface area (Å²) < 4.78 is 48.2. The zero-order valence-electron chi connectivity index (χ0n) is 17.2. The third-order valence-corrected chi connectivity index (χ3v) is 4.94. The average Bonchev–Trinajstić information content (AvgIpc) is 3.51. The molecule has 0 fully saturated rings. The van der Waals surface area contributed by atoms with Crippen LogP contribution in [0.2, 0.25) is 0 Å². The van der Waals surface area contributed by atoms with Gasteiger partial charge in [-0.15, -0.1) is 0 Å². The van der Waals surface area contributed by atoms with Gasteiger partial charge in [0.15, 0.2) is 6.10 Å². The van der Waals surface area contributed by atoms with Crippen molar-refractivity contribution in [3.63, 3.8) is 0 Å². The van der Waals surface area contributed by atoms with E-state index in [0.29, 0.717) is 28.5 Å². The van der Waals surface area contributed by atoms with Crippen molar-refractivity contribution in [2.75, 3.05) is 0 Å². The third-order valence-electron chi connectivity index (χ3n) is 4.94. The molecular weight excluding hydrogens is 421 g/mol. The summed E-state index contributed by atoms with van der Waals surface area (Å²) in [5.74, 6) is 0. The summed E-state index contributed by atoms with van der Waals surface area (Å²) in [7, 11) is 0. The van der Waals surface area contributed by atoms with Gasteiger partial charge in [-0.05, 0) is 60.7 Å². The van der Waals surface area contributed by atoms with Crippen molar-refractivity contribution >= 4 is 35.5 Å². The number of aromatic amines is 1. The summed E-state index contributed by atoms with van der Waals surface area (Å²) in [6.07, 6.45) is 7.18. The zero-order valence-corrected chi connectivity index (χ0v) is 16.2. The number of aliphatic hydroxyl groups is 2. The summed E-state index contributed by atoms with van der Waals surface area (Å²) in [5, 5.41) is 20.0. The van der Waals surface area contributed by atoms with Gasteiger partial charge >= 0.3 is 6.18 Å². The van der Waals surface area contributed by atoms with Crippen LogP contribution in [0.5, 0.6) is 0 Å².